The van der Waals surface area contributed by atoms with Crippen LogP contribution in [-0.2, 0) is 6.54 Å². The molecule has 0 amide bonds. The molecule has 15 heavy (non-hydrogen) atoms. The molecule has 0 heterocycles. The summed E-state index contributed by atoms with van der Waals surface area (Å²) in [6, 6.07) is 6.33. The molecule has 0 aliphatic rings. The standard InChI is InChI=1S/C12H18BrNO/c1-3-14(6-7-15)9-11-4-5-12(13)8-10(11)2/h4-5,8,15H,3,6-7,9H2,1-2H3. The van der Waals surface area contributed by atoms with Gasteiger partial charge in [-0.1, -0.05) is 28.9 Å². The average molecular weight is 272 g/mol. The molecule has 0 fully saturated rings. The van der Waals surface area contributed by atoms with Crippen molar-refractivity contribution in [3.63, 3.8) is 0 Å². The molecule has 2 nitrogen and oxygen atoms in total. The number of hydrogen-bond donors (Lipinski definition) is 1. The van der Waals surface area contributed by atoms with Gasteiger partial charge >= 0.3 is 0 Å². The second-order valence-corrected chi connectivity index (χ2v) is 4.58. The summed E-state index contributed by atoms with van der Waals surface area (Å²) in [6.45, 7) is 7.08. The van der Waals surface area contributed by atoms with Gasteiger partial charge in [0.15, 0.2) is 0 Å². The maximum Gasteiger partial charge on any atom is 0.0558 e. The fourth-order valence-corrected chi connectivity index (χ4v) is 2.04. The minimum atomic E-state index is 0.226. The van der Waals surface area contributed by atoms with Crippen LogP contribution in [0.4, 0.5) is 0 Å². The van der Waals surface area contributed by atoms with Gasteiger partial charge in [0, 0.05) is 17.6 Å². The molecule has 84 valence electrons. The Kier molecular flexibility index (Phi) is 5.29. The molecular formula is C12H18BrNO. The molecule has 0 spiro atoms. The van der Waals surface area contributed by atoms with Crippen LogP contribution >= 0.6 is 15.9 Å². The van der Waals surface area contributed by atoms with Crippen LogP contribution in [0.3, 0.4) is 0 Å². The predicted molar refractivity (Wildman–Crippen MR) is 66.9 cm³/mol. The van der Waals surface area contributed by atoms with Crippen LogP contribution < -0.4 is 0 Å². The maximum atomic E-state index is 8.91. The van der Waals surface area contributed by atoms with Crippen LogP contribution in [-0.4, -0.2) is 29.7 Å². The first-order chi connectivity index (χ1) is 7.17. The predicted octanol–water partition coefficient (Wildman–Crippen LogP) is 2.57. The zero-order valence-electron chi connectivity index (χ0n) is 9.33. The third-order valence-electron chi connectivity index (χ3n) is 2.56. The topological polar surface area (TPSA) is 23.5 Å². The summed E-state index contributed by atoms with van der Waals surface area (Å²) in [6.07, 6.45) is 0. The zero-order valence-corrected chi connectivity index (χ0v) is 10.9. The second kappa shape index (κ2) is 6.26. The van der Waals surface area contributed by atoms with Crippen molar-refractivity contribution < 1.29 is 5.11 Å². The Morgan fingerprint density at radius 2 is 2.13 bits per heavy atom. The van der Waals surface area contributed by atoms with E-state index in [4.69, 9.17) is 5.11 Å². The lowest BCUT2D eigenvalue weighted by molar-refractivity contribution is 0.196. The first-order valence-corrected chi connectivity index (χ1v) is 6.05. The SMILES string of the molecule is CCN(CCO)Cc1ccc(Br)cc1C. The molecule has 0 aliphatic carbocycles. The van der Waals surface area contributed by atoms with Gasteiger partial charge in [0.2, 0.25) is 0 Å². The molecule has 1 rings (SSSR count). The fourth-order valence-electron chi connectivity index (χ4n) is 1.57. The quantitative estimate of drug-likeness (QED) is 0.890. The van der Waals surface area contributed by atoms with Crippen LogP contribution in [0.25, 0.3) is 0 Å². The molecule has 0 aliphatic heterocycles. The van der Waals surface area contributed by atoms with Crippen molar-refractivity contribution in [3.05, 3.63) is 33.8 Å². The molecular weight excluding hydrogens is 254 g/mol. The van der Waals surface area contributed by atoms with Crippen molar-refractivity contribution in [1.29, 1.82) is 0 Å². The van der Waals surface area contributed by atoms with Gasteiger partial charge in [-0.3, -0.25) is 4.90 Å². The Balaban J connectivity index is 2.70. The first kappa shape index (κ1) is 12.7. The lowest BCUT2D eigenvalue weighted by Gasteiger charge is -2.20. The van der Waals surface area contributed by atoms with Gasteiger partial charge < -0.3 is 5.11 Å². The van der Waals surface area contributed by atoms with E-state index in [0.717, 1.165) is 24.1 Å². The van der Waals surface area contributed by atoms with Gasteiger partial charge in [-0.15, -0.1) is 0 Å². The number of halogens is 1. The van der Waals surface area contributed by atoms with Crippen molar-refractivity contribution in [2.45, 2.75) is 20.4 Å². The number of likely N-dealkylation sites (N-methyl/N-ethyl adjacent to an activating group) is 1. The number of aliphatic hydroxyl groups is 1. The summed E-state index contributed by atoms with van der Waals surface area (Å²) < 4.78 is 1.12. The van der Waals surface area contributed by atoms with E-state index in [0.29, 0.717) is 0 Å². The summed E-state index contributed by atoms with van der Waals surface area (Å²) in [7, 11) is 0. The Labute approximate surface area is 100 Å². The van der Waals surface area contributed by atoms with Crippen molar-refractivity contribution >= 4 is 15.9 Å². The van der Waals surface area contributed by atoms with Crippen molar-refractivity contribution in [2.75, 3.05) is 19.7 Å². The zero-order chi connectivity index (χ0) is 11.3. The molecule has 0 atom stereocenters. The number of benzene rings is 1. The summed E-state index contributed by atoms with van der Waals surface area (Å²) >= 11 is 3.46. The first-order valence-electron chi connectivity index (χ1n) is 5.25. The third kappa shape index (κ3) is 3.93. The van der Waals surface area contributed by atoms with E-state index >= 15 is 0 Å². The van der Waals surface area contributed by atoms with Crippen LogP contribution in [0.5, 0.6) is 0 Å². The summed E-state index contributed by atoms with van der Waals surface area (Å²) in [4.78, 5) is 2.23. The van der Waals surface area contributed by atoms with Crippen molar-refractivity contribution in [3.8, 4) is 0 Å². The number of hydrogen-bond acceptors (Lipinski definition) is 2. The number of aliphatic hydroxyl groups excluding tert-OH is 1. The number of aryl methyl sites for hydroxylation is 1. The fraction of sp³-hybridized carbons (Fsp3) is 0.500. The highest BCUT2D eigenvalue weighted by Gasteiger charge is 2.05. The van der Waals surface area contributed by atoms with E-state index < -0.39 is 0 Å². The van der Waals surface area contributed by atoms with Gasteiger partial charge in [-0.05, 0) is 36.7 Å². The Hall–Kier alpha value is -0.380. The smallest absolute Gasteiger partial charge is 0.0558 e. The van der Waals surface area contributed by atoms with E-state index in [9.17, 15) is 0 Å². The number of rotatable bonds is 5. The van der Waals surface area contributed by atoms with Crippen LogP contribution in [0.1, 0.15) is 18.1 Å². The molecule has 0 bridgehead atoms. The maximum absolute atomic E-state index is 8.91. The monoisotopic (exact) mass is 271 g/mol. The second-order valence-electron chi connectivity index (χ2n) is 3.66. The minimum Gasteiger partial charge on any atom is -0.395 e. The Bertz CT molecular complexity index is 314. The highest BCUT2D eigenvalue weighted by molar-refractivity contribution is 9.10. The molecule has 1 aromatic rings. The van der Waals surface area contributed by atoms with Gasteiger partial charge in [0.1, 0.15) is 0 Å². The lowest BCUT2D eigenvalue weighted by atomic mass is 10.1. The summed E-state index contributed by atoms with van der Waals surface area (Å²) in [5, 5.41) is 8.91. The normalized spacial score (nSPS) is 11.0. The van der Waals surface area contributed by atoms with Crippen molar-refractivity contribution in [1.82, 2.24) is 4.90 Å². The third-order valence-corrected chi connectivity index (χ3v) is 3.06. The van der Waals surface area contributed by atoms with E-state index in [1.165, 1.54) is 11.1 Å². The Morgan fingerprint density at radius 3 is 2.67 bits per heavy atom. The largest absolute Gasteiger partial charge is 0.395 e. The van der Waals surface area contributed by atoms with Gasteiger partial charge in [0.05, 0.1) is 6.61 Å². The molecule has 1 N–H and O–H groups in total. The lowest BCUT2D eigenvalue weighted by Crippen LogP contribution is -2.26. The van der Waals surface area contributed by atoms with Crippen LogP contribution in [0.15, 0.2) is 22.7 Å². The van der Waals surface area contributed by atoms with E-state index in [2.05, 4.69) is 52.9 Å². The minimum absolute atomic E-state index is 0.226. The average Bonchev–Trinajstić information content (AvgIpc) is 2.21. The molecule has 0 saturated carbocycles. The highest BCUT2D eigenvalue weighted by Crippen LogP contribution is 2.17. The van der Waals surface area contributed by atoms with E-state index in [-0.39, 0.29) is 6.61 Å². The van der Waals surface area contributed by atoms with Crippen LogP contribution in [0, 0.1) is 6.92 Å². The summed E-state index contributed by atoms with van der Waals surface area (Å²) in [5.74, 6) is 0. The molecule has 0 saturated heterocycles. The number of nitrogens with zero attached hydrogens (tertiary/aromatic N) is 1. The van der Waals surface area contributed by atoms with Crippen LogP contribution in [0.2, 0.25) is 0 Å². The van der Waals surface area contributed by atoms with Gasteiger partial charge in [0.25, 0.3) is 0 Å². The van der Waals surface area contributed by atoms with Gasteiger partial charge in [-0.25, -0.2) is 0 Å². The van der Waals surface area contributed by atoms with Crippen molar-refractivity contribution in [2.24, 2.45) is 0 Å². The molecule has 3 heteroatoms. The molecule has 1 aromatic carbocycles. The Morgan fingerprint density at radius 1 is 1.40 bits per heavy atom. The highest BCUT2D eigenvalue weighted by atomic mass is 79.9. The van der Waals surface area contributed by atoms with Gasteiger partial charge in [-0.2, -0.15) is 0 Å². The van der Waals surface area contributed by atoms with E-state index in [1.807, 2.05) is 0 Å². The van der Waals surface area contributed by atoms with E-state index in [1.54, 1.807) is 0 Å². The molecule has 0 unspecified atom stereocenters. The molecule has 0 radical (unpaired) electrons. The molecule has 0 aromatic heterocycles. The summed E-state index contributed by atoms with van der Waals surface area (Å²) in [5.41, 5.74) is 2.62.